The third-order valence-electron chi connectivity index (χ3n) is 3.55. The first kappa shape index (κ1) is 11.6. The molecule has 0 N–H and O–H groups in total. The smallest absolute Gasteiger partial charge is 0.0435 e. The summed E-state index contributed by atoms with van der Waals surface area (Å²) in [6, 6.07) is 6.25. The Morgan fingerprint density at radius 3 is 2.38 bits per heavy atom. The van der Waals surface area contributed by atoms with Crippen molar-refractivity contribution in [3.8, 4) is 0 Å². The highest BCUT2D eigenvalue weighted by atomic mass is 15.2. The van der Waals surface area contributed by atoms with Crippen molar-refractivity contribution in [2.75, 3.05) is 13.1 Å². The molecule has 1 aromatic heterocycles. The van der Waals surface area contributed by atoms with Crippen molar-refractivity contribution in [1.82, 2.24) is 9.88 Å². The van der Waals surface area contributed by atoms with E-state index in [2.05, 4.69) is 42.8 Å². The monoisotopic (exact) mass is 218 g/mol. The summed E-state index contributed by atoms with van der Waals surface area (Å²) in [5.41, 5.74) is 1.59. The molecule has 1 fully saturated rings. The van der Waals surface area contributed by atoms with Gasteiger partial charge in [0, 0.05) is 23.3 Å². The molecule has 0 saturated carbocycles. The summed E-state index contributed by atoms with van der Waals surface area (Å²) < 4.78 is 0. The maximum absolute atomic E-state index is 4.47. The molecule has 2 nitrogen and oxygen atoms in total. The van der Waals surface area contributed by atoms with Gasteiger partial charge in [-0.05, 0) is 58.8 Å². The lowest BCUT2D eigenvalue weighted by atomic mass is 9.90. The predicted molar refractivity (Wildman–Crippen MR) is 67.5 cm³/mol. The molecule has 1 aromatic rings. The van der Waals surface area contributed by atoms with Gasteiger partial charge in [-0.2, -0.15) is 0 Å². The fraction of sp³-hybridized carbons (Fsp3) is 0.643. The minimum Gasteiger partial charge on any atom is -0.298 e. The number of rotatable bonds is 1. The summed E-state index contributed by atoms with van der Waals surface area (Å²) in [4.78, 5) is 7.05. The van der Waals surface area contributed by atoms with Crippen LogP contribution in [0.2, 0.25) is 0 Å². The largest absolute Gasteiger partial charge is 0.298 e. The highest BCUT2D eigenvalue weighted by molar-refractivity contribution is 5.10. The van der Waals surface area contributed by atoms with E-state index < -0.39 is 0 Å². The normalized spacial score (nSPS) is 19.9. The van der Waals surface area contributed by atoms with Gasteiger partial charge in [-0.3, -0.25) is 9.88 Å². The van der Waals surface area contributed by atoms with E-state index in [9.17, 15) is 0 Å². The standard InChI is InChI=1S/C14H22N2/c1-14(2,3)16-10-7-12(8-11-16)13-6-4-5-9-15-13/h4-6,9,12H,7-8,10-11H2,1-3H3. The van der Waals surface area contributed by atoms with Crippen molar-refractivity contribution in [1.29, 1.82) is 0 Å². The summed E-state index contributed by atoms with van der Waals surface area (Å²) in [5.74, 6) is 0.666. The number of hydrogen-bond acceptors (Lipinski definition) is 2. The molecular formula is C14H22N2. The summed E-state index contributed by atoms with van der Waals surface area (Å²) >= 11 is 0. The van der Waals surface area contributed by atoms with Gasteiger partial charge in [0.15, 0.2) is 0 Å². The third kappa shape index (κ3) is 2.62. The lowest BCUT2D eigenvalue weighted by Gasteiger charge is -2.40. The van der Waals surface area contributed by atoms with Crippen LogP contribution >= 0.6 is 0 Å². The van der Waals surface area contributed by atoms with E-state index in [0.717, 1.165) is 0 Å². The van der Waals surface area contributed by atoms with Crippen LogP contribution in [0.25, 0.3) is 0 Å². The molecule has 0 unspecified atom stereocenters. The van der Waals surface area contributed by atoms with Crippen LogP contribution in [0.15, 0.2) is 24.4 Å². The molecule has 2 rings (SSSR count). The van der Waals surface area contributed by atoms with Gasteiger partial charge < -0.3 is 0 Å². The predicted octanol–water partition coefficient (Wildman–Crippen LogP) is 3.06. The highest BCUT2D eigenvalue weighted by Gasteiger charge is 2.27. The molecule has 16 heavy (non-hydrogen) atoms. The SMILES string of the molecule is CC(C)(C)N1CCC(c2ccccn2)CC1. The second kappa shape index (κ2) is 4.54. The van der Waals surface area contributed by atoms with Crippen molar-refractivity contribution in [2.45, 2.75) is 45.1 Å². The number of pyridine rings is 1. The summed E-state index contributed by atoms with van der Waals surface area (Å²) in [6.45, 7) is 9.30. The van der Waals surface area contributed by atoms with Crippen LogP contribution in [0.5, 0.6) is 0 Å². The zero-order chi connectivity index (χ0) is 11.6. The van der Waals surface area contributed by atoms with E-state index in [4.69, 9.17) is 0 Å². The first-order valence-electron chi connectivity index (χ1n) is 6.23. The van der Waals surface area contributed by atoms with Gasteiger partial charge in [0.05, 0.1) is 0 Å². The van der Waals surface area contributed by atoms with Crippen LogP contribution in [0.1, 0.15) is 45.2 Å². The van der Waals surface area contributed by atoms with E-state index in [1.807, 2.05) is 12.3 Å². The number of hydrogen-bond donors (Lipinski definition) is 0. The van der Waals surface area contributed by atoms with E-state index in [1.54, 1.807) is 0 Å². The van der Waals surface area contributed by atoms with Crippen LogP contribution in [0.3, 0.4) is 0 Å². The summed E-state index contributed by atoms with van der Waals surface area (Å²) in [5, 5.41) is 0. The van der Waals surface area contributed by atoms with E-state index in [1.165, 1.54) is 31.6 Å². The Balaban J connectivity index is 1.96. The first-order chi connectivity index (χ1) is 7.57. The molecule has 88 valence electrons. The second-order valence-corrected chi connectivity index (χ2v) is 5.69. The van der Waals surface area contributed by atoms with Crippen molar-refractivity contribution in [3.05, 3.63) is 30.1 Å². The molecule has 1 aliphatic rings. The quantitative estimate of drug-likeness (QED) is 0.720. The lowest BCUT2D eigenvalue weighted by Crippen LogP contribution is -2.45. The van der Waals surface area contributed by atoms with Gasteiger partial charge in [0.25, 0.3) is 0 Å². The molecule has 2 heteroatoms. The topological polar surface area (TPSA) is 16.1 Å². The van der Waals surface area contributed by atoms with Gasteiger partial charge in [-0.25, -0.2) is 0 Å². The maximum Gasteiger partial charge on any atom is 0.0435 e. The summed E-state index contributed by atoms with van der Waals surface area (Å²) in [6.07, 6.45) is 4.40. The third-order valence-corrected chi connectivity index (χ3v) is 3.55. The molecular weight excluding hydrogens is 196 g/mol. The average molecular weight is 218 g/mol. The van der Waals surface area contributed by atoms with E-state index in [-0.39, 0.29) is 0 Å². The zero-order valence-corrected chi connectivity index (χ0v) is 10.6. The molecule has 0 aliphatic carbocycles. The van der Waals surface area contributed by atoms with Crippen molar-refractivity contribution in [2.24, 2.45) is 0 Å². The Kier molecular flexibility index (Phi) is 3.29. The Labute approximate surface area is 98.7 Å². The number of likely N-dealkylation sites (tertiary alicyclic amines) is 1. The fourth-order valence-corrected chi connectivity index (χ4v) is 2.46. The molecule has 0 bridgehead atoms. The Morgan fingerprint density at radius 2 is 1.88 bits per heavy atom. The van der Waals surface area contributed by atoms with Crippen molar-refractivity contribution >= 4 is 0 Å². The Morgan fingerprint density at radius 1 is 1.19 bits per heavy atom. The van der Waals surface area contributed by atoms with Crippen LogP contribution in [0.4, 0.5) is 0 Å². The van der Waals surface area contributed by atoms with Gasteiger partial charge in [-0.15, -0.1) is 0 Å². The molecule has 0 aromatic carbocycles. The lowest BCUT2D eigenvalue weighted by molar-refractivity contribution is 0.102. The van der Waals surface area contributed by atoms with Crippen LogP contribution in [0, 0.1) is 0 Å². The number of piperidine rings is 1. The molecule has 0 radical (unpaired) electrons. The molecule has 2 heterocycles. The van der Waals surface area contributed by atoms with Gasteiger partial charge in [-0.1, -0.05) is 6.07 Å². The van der Waals surface area contributed by atoms with Gasteiger partial charge in [0.2, 0.25) is 0 Å². The molecule has 1 aliphatic heterocycles. The fourth-order valence-electron chi connectivity index (χ4n) is 2.46. The minimum atomic E-state index is 0.315. The molecule has 0 spiro atoms. The first-order valence-corrected chi connectivity index (χ1v) is 6.23. The summed E-state index contributed by atoms with van der Waals surface area (Å²) in [7, 11) is 0. The van der Waals surface area contributed by atoms with Crippen LogP contribution < -0.4 is 0 Å². The van der Waals surface area contributed by atoms with Crippen LogP contribution in [-0.2, 0) is 0 Å². The van der Waals surface area contributed by atoms with Crippen molar-refractivity contribution < 1.29 is 0 Å². The Hall–Kier alpha value is -0.890. The average Bonchev–Trinajstić information content (AvgIpc) is 2.29. The maximum atomic E-state index is 4.47. The van der Waals surface area contributed by atoms with Gasteiger partial charge >= 0.3 is 0 Å². The zero-order valence-electron chi connectivity index (χ0n) is 10.6. The van der Waals surface area contributed by atoms with E-state index >= 15 is 0 Å². The van der Waals surface area contributed by atoms with E-state index in [0.29, 0.717) is 11.5 Å². The molecule has 0 amide bonds. The number of nitrogens with zero attached hydrogens (tertiary/aromatic N) is 2. The highest BCUT2D eigenvalue weighted by Crippen LogP contribution is 2.29. The second-order valence-electron chi connectivity index (χ2n) is 5.69. The molecule has 1 saturated heterocycles. The minimum absolute atomic E-state index is 0.315. The number of aromatic nitrogens is 1. The Bertz CT molecular complexity index is 318. The van der Waals surface area contributed by atoms with Gasteiger partial charge in [0.1, 0.15) is 0 Å². The molecule has 0 atom stereocenters. The van der Waals surface area contributed by atoms with Crippen molar-refractivity contribution in [3.63, 3.8) is 0 Å². The van der Waals surface area contributed by atoms with Crippen LogP contribution in [-0.4, -0.2) is 28.5 Å².